The molecule has 5 heteroatoms. The van der Waals surface area contributed by atoms with E-state index in [0.29, 0.717) is 5.02 Å². The Bertz CT molecular complexity index is 419. The highest BCUT2D eigenvalue weighted by atomic mass is 127. The molecule has 2 rings (SSSR count). The Morgan fingerprint density at radius 1 is 1.59 bits per heavy atom. The summed E-state index contributed by atoms with van der Waals surface area (Å²) in [4.78, 5) is 4.29. The van der Waals surface area contributed by atoms with Crippen LogP contribution in [0.25, 0.3) is 3.58 Å². The first-order valence-electron chi connectivity index (χ1n) is 5.55. The Hall–Kier alpha value is -0.330. The van der Waals surface area contributed by atoms with Crippen molar-refractivity contribution in [3.63, 3.8) is 0 Å². The Balaban J connectivity index is 2.17. The molecular weight excluding hydrogens is 351 g/mol. The van der Waals surface area contributed by atoms with Gasteiger partial charge in [0.1, 0.15) is 6.23 Å². The van der Waals surface area contributed by atoms with Crippen LogP contribution in [0.5, 0.6) is 0 Å². The topological polar surface area (TPSA) is 34.2 Å². The van der Waals surface area contributed by atoms with Crippen LogP contribution in [-0.2, 0) is 4.74 Å². The lowest BCUT2D eigenvalue weighted by molar-refractivity contribution is 0.0343. The third kappa shape index (κ3) is 3.56. The SMILES string of the molecule is C=C(I)c1ncc(Cl)cc1NC1CCCCO1. The van der Waals surface area contributed by atoms with Crippen molar-refractivity contribution < 1.29 is 4.74 Å². The zero-order valence-electron chi connectivity index (χ0n) is 9.38. The van der Waals surface area contributed by atoms with Crippen LogP contribution >= 0.6 is 34.2 Å². The van der Waals surface area contributed by atoms with Crippen molar-refractivity contribution >= 4 is 43.5 Å². The molecule has 1 aliphatic heterocycles. The third-order valence-electron chi connectivity index (χ3n) is 2.61. The van der Waals surface area contributed by atoms with Crippen LogP contribution in [0, 0.1) is 0 Å². The van der Waals surface area contributed by atoms with Crippen LogP contribution in [0.3, 0.4) is 0 Å². The Morgan fingerprint density at radius 2 is 2.41 bits per heavy atom. The zero-order chi connectivity index (χ0) is 12.3. The Labute approximate surface area is 120 Å². The number of ether oxygens (including phenoxy) is 1. The smallest absolute Gasteiger partial charge is 0.127 e. The lowest BCUT2D eigenvalue weighted by Crippen LogP contribution is -2.27. The molecular formula is C12H14ClIN2O. The van der Waals surface area contributed by atoms with E-state index in [1.54, 1.807) is 6.20 Å². The lowest BCUT2D eigenvalue weighted by atomic mass is 10.2. The van der Waals surface area contributed by atoms with Crippen molar-refractivity contribution in [2.24, 2.45) is 0 Å². The number of rotatable bonds is 3. The van der Waals surface area contributed by atoms with Gasteiger partial charge in [-0.15, -0.1) is 0 Å². The van der Waals surface area contributed by atoms with Crippen molar-refractivity contribution in [3.05, 3.63) is 29.6 Å². The highest BCUT2D eigenvalue weighted by Crippen LogP contribution is 2.29. The van der Waals surface area contributed by atoms with Gasteiger partial charge in [-0.1, -0.05) is 18.2 Å². The van der Waals surface area contributed by atoms with E-state index in [1.165, 1.54) is 6.42 Å². The van der Waals surface area contributed by atoms with Gasteiger partial charge in [0.2, 0.25) is 0 Å². The van der Waals surface area contributed by atoms with E-state index >= 15 is 0 Å². The summed E-state index contributed by atoms with van der Waals surface area (Å²) in [6.45, 7) is 4.72. The van der Waals surface area contributed by atoms with Gasteiger partial charge < -0.3 is 10.1 Å². The predicted molar refractivity (Wildman–Crippen MR) is 79.5 cm³/mol. The lowest BCUT2D eigenvalue weighted by Gasteiger charge is -2.25. The molecule has 0 saturated carbocycles. The van der Waals surface area contributed by atoms with Gasteiger partial charge in [0.15, 0.2) is 0 Å². The van der Waals surface area contributed by atoms with E-state index in [1.807, 2.05) is 6.07 Å². The van der Waals surface area contributed by atoms with Gasteiger partial charge >= 0.3 is 0 Å². The summed E-state index contributed by atoms with van der Waals surface area (Å²) in [6.07, 6.45) is 5.02. The molecule has 3 nitrogen and oxygen atoms in total. The minimum absolute atomic E-state index is 0.0542. The average molecular weight is 365 g/mol. The molecule has 2 heterocycles. The highest BCUT2D eigenvalue weighted by molar-refractivity contribution is 14.1. The molecule has 1 atom stereocenters. The molecule has 0 amide bonds. The molecule has 1 N–H and O–H groups in total. The van der Waals surface area contributed by atoms with E-state index in [-0.39, 0.29) is 6.23 Å². The van der Waals surface area contributed by atoms with Crippen LogP contribution in [0.15, 0.2) is 18.8 Å². The fraction of sp³-hybridized carbons (Fsp3) is 0.417. The maximum absolute atomic E-state index is 5.96. The summed E-state index contributed by atoms with van der Waals surface area (Å²) in [7, 11) is 0. The molecule has 1 fully saturated rings. The predicted octanol–water partition coefficient (Wildman–Crippen LogP) is 4.08. The molecule has 0 spiro atoms. The number of hydrogen-bond acceptors (Lipinski definition) is 3. The van der Waals surface area contributed by atoms with Gasteiger partial charge in [-0.25, -0.2) is 0 Å². The summed E-state index contributed by atoms with van der Waals surface area (Å²) >= 11 is 8.12. The normalized spacial score (nSPS) is 20.0. The molecule has 1 aliphatic rings. The average Bonchev–Trinajstić information content (AvgIpc) is 2.30. The fourth-order valence-electron chi connectivity index (χ4n) is 1.79. The molecule has 1 saturated heterocycles. The van der Waals surface area contributed by atoms with Crippen molar-refractivity contribution in [2.75, 3.05) is 11.9 Å². The van der Waals surface area contributed by atoms with Crippen LogP contribution in [0.1, 0.15) is 25.0 Å². The standard InChI is InChI=1S/C12H14ClIN2O/c1-8(14)12-10(6-9(13)7-15-12)16-11-4-2-3-5-17-11/h6-7,11,16H,1-5H2. The minimum Gasteiger partial charge on any atom is -0.359 e. The second-order valence-corrected chi connectivity index (χ2v) is 5.69. The number of pyridine rings is 1. The van der Waals surface area contributed by atoms with Crippen molar-refractivity contribution in [3.8, 4) is 0 Å². The molecule has 1 aromatic heterocycles. The van der Waals surface area contributed by atoms with Crippen LogP contribution in [0.2, 0.25) is 5.02 Å². The third-order valence-corrected chi connectivity index (χ3v) is 3.33. The van der Waals surface area contributed by atoms with Crippen molar-refractivity contribution in [1.29, 1.82) is 0 Å². The summed E-state index contributed by atoms with van der Waals surface area (Å²) in [5, 5.41) is 3.95. The fourth-order valence-corrected chi connectivity index (χ4v) is 2.38. The van der Waals surface area contributed by atoms with Gasteiger partial charge in [0, 0.05) is 16.4 Å². The Morgan fingerprint density at radius 3 is 3.06 bits per heavy atom. The van der Waals surface area contributed by atoms with Gasteiger partial charge in [-0.2, -0.15) is 0 Å². The molecule has 0 bridgehead atoms. The van der Waals surface area contributed by atoms with E-state index in [4.69, 9.17) is 16.3 Å². The van der Waals surface area contributed by atoms with E-state index in [9.17, 15) is 0 Å². The Kier molecular flexibility index (Phi) is 4.64. The zero-order valence-corrected chi connectivity index (χ0v) is 12.3. The maximum Gasteiger partial charge on any atom is 0.127 e. The second kappa shape index (κ2) is 6.02. The number of hydrogen-bond donors (Lipinski definition) is 1. The van der Waals surface area contributed by atoms with Crippen molar-refractivity contribution in [1.82, 2.24) is 4.98 Å². The summed E-state index contributed by atoms with van der Waals surface area (Å²) in [5.41, 5.74) is 1.73. The maximum atomic E-state index is 5.96. The first-order chi connectivity index (χ1) is 8.16. The first kappa shape index (κ1) is 13.1. The van der Waals surface area contributed by atoms with Gasteiger partial charge in [-0.3, -0.25) is 4.98 Å². The largest absolute Gasteiger partial charge is 0.359 e. The highest BCUT2D eigenvalue weighted by Gasteiger charge is 2.16. The van der Waals surface area contributed by atoms with E-state index in [2.05, 4.69) is 39.5 Å². The number of anilines is 1. The molecule has 0 radical (unpaired) electrons. The number of nitrogens with zero attached hydrogens (tertiary/aromatic N) is 1. The molecule has 1 unspecified atom stereocenters. The molecule has 1 aromatic rings. The quantitative estimate of drug-likeness (QED) is 0.821. The van der Waals surface area contributed by atoms with Crippen LogP contribution in [-0.4, -0.2) is 17.8 Å². The molecule has 0 aliphatic carbocycles. The number of aromatic nitrogens is 1. The van der Waals surface area contributed by atoms with Crippen LogP contribution < -0.4 is 5.32 Å². The van der Waals surface area contributed by atoms with Crippen LogP contribution in [0.4, 0.5) is 5.69 Å². The first-order valence-corrected chi connectivity index (χ1v) is 7.01. The van der Waals surface area contributed by atoms with E-state index < -0.39 is 0 Å². The summed E-state index contributed by atoms with van der Waals surface area (Å²) in [5.74, 6) is 0. The molecule has 0 aromatic carbocycles. The van der Waals surface area contributed by atoms with E-state index in [0.717, 1.165) is 34.4 Å². The van der Waals surface area contributed by atoms with Gasteiger partial charge in [-0.05, 0) is 47.9 Å². The minimum atomic E-state index is 0.0542. The number of halogens is 2. The molecule has 92 valence electrons. The summed E-state index contributed by atoms with van der Waals surface area (Å²) in [6, 6.07) is 1.87. The number of nitrogens with one attached hydrogen (secondary N) is 1. The molecule has 17 heavy (non-hydrogen) atoms. The second-order valence-electron chi connectivity index (χ2n) is 3.95. The monoisotopic (exact) mass is 364 g/mol. The van der Waals surface area contributed by atoms with Crippen molar-refractivity contribution in [2.45, 2.75) is 25.5 Å². The van der Waals surface area contributed by atoms with Gasteiger partial charge in [0.25, 0.3) is 0 Å². The van der Waals surface area contributed by atoms with Gasteiger partial charge in [0.05, 0.1) is 16.4 Å². The summed E-state index contributed by atoms with van der Waals surface area (Å²) < 4.78 is 6.53.